The van der Waals surface area contributed by atoms with Crippen molar-refractivity contribution in [1.29, 1.82) is 0 Å². The van der Waals surface area contributed by atoms with E-state index < -0.39 is 11.7 Å². The van der Waals surface area contributed by atoms with Crippen molar-refractivity contribution in [2.45, 2.75) is 70.4 Å². The highest BCUT2D eigenvalue weighted by molar-refractivity contribution is 5.69. The Morgan fingerprint density at radius 2 is 1.65 bits per heavy atom. The third-order valence-electron chi connectivity index (χ3n) is 2.95. The topological polar surface area (TPSA) is 110 Å². The summed E-state index contributed by atoms with van der Waals surface area (Å²) in [6.45, 7) is 1.64. The van der Waals surface area contributed by atoms with Crippen molar-refractivity contribution in [3.63, 3.8) is 0 Å². The molecule has 4 N–H and O–H groups in total. The molecule has 1 unspecified atom stereocenters. The summed E-state index contributed by atoms with van der Waals surface area (Å²) in [7, 11) is 0. The van der Waals surface area contributed by atoms with Crippen LogP contribution in [0.4, 0.5) is 0 Å². The molecule has 0 rings (SSSR count). The lowest BCUT2D eigenvalue weighted by molar-refractivity contribution is -0.158. The zero-order valence-electron chi connectivity index (χ0n) is 12.3. The lowest BCUT2D eigenvalue weighted by Crippen LogP contribution is -2.41. The fourth-order valence-electron chi connectivity index (χ4n) is 1.87. The van der Waals surface area contributed by atoms with Crippen LogP contribution in [0.2, 0.25) is 0 Å². The Morgan fingerprint density at radius 1 is 1.05 bits per heavy atom. The Balaban J connectivity index is 3.61. The van der Waals surface area contributed by atoms with Gasteiger partial charge < -0.3 is 14.9 Å². The van der Waals surface area contributed by atoms with Crippen LogP contribution >= 0.6 is 0 Å². The molecule has 0 amide bonds. The van der Waals surface area contributed by atoms with Crippen LogP contribution in [0.15, 0.2) is 0 Å². The van der Waals surface area contributed by atoms with Gasteiger partial charge in [0, 0.05) is 25.9 Å². The molecule has 118 valence electrons. The van der Waals surface area contributed by atoms with E-state index in [1.165, 1.54) is 0 Å². The predicted molar refractivity (Wildman–Crippen MR) is 75.0 cm³/mol. The molecule has 0 spiro atoms. The first-order valence-corrected chi connectivity index (χ1v) is 7.21. The van der Waals surface area contributed by atoms with E-state index in [2.05, 4.69) is 0 Å². The fraction of sp³-hybridized carbons (Fsp3) is 0.857. The summed E-state index contributed by atoms with van der Waals surface area (Å²) in [6.07, 6.45) is 5.70. The van der Waals surface area contributed by atoms with Crippen LogP contribution in [0.3, 0.4) is 0 Å². The van der Waals surface area contributed by atoms with Crippen molar-refractivity contribution in [3.05, 3.63) is 0 Å². The second-order valence-electron chi connectivity index (χ2n) is 5.28. The van der Waals surface area contributed by atoms with Gasteiger partial charge in [-0.15, -0.1) is 0 Å². The monoisotopic (exact) mass is 289 g/mol. The number of ether oxygens (including phenoxy) is 1. The van der Waals surface area contributed by atoms with Gasteiger partial charge in [0.15, 0.2) is 5.72 Å². The molecule has 0 radical (unpaired) electrons. The summed E-state index contributed by atoms with van der Waals surface area (Å²) in [5, 5.41) is 17.1. The highest BCUT2D eigenvalue weighted by Crippen LogP contribution is 2.16. The minimum Gasteiger partial charge on any atom is -0.481 e. The standard InChI is InChI=1S/C14H27NO5/c1-14(15,20-13(19)9-7-11-16)10-6-4-2-3-5-8-12(17)18/h16H,2-11,15H2,1H3,(H,17,18). The van der Waals surface area contributed by atoms with Gasteiger partial charge in [0.2, 0.25) is 0 Å². The molecule has 0 aromatic rings. The van der Waals surface area contributed by atoms with E-state index in [-0.39, 0.29) is 25.4 Å². The Bertz CT molecular complexity index is 291. The van der Waals surface area contributed by atoms with E-state index in [1.54, 1.807) is 6.92 Å². The van der Waals surface area contributed by atoms with Gasteiger partial charge >= 0.3 is 11.9 Å². The number of aliphatic carboxylic acids is 1. The Morgan fingerprint density at radius 3 is 2.25 bits per heavy atom. The number of unbranched alkanes of at least 4 members (excludes halogenated alkanes) is 4. The lowest BCUT2D eigenvalue weighted by Gasteiger charge is -2.24. The summed E-state index contributed by atoms with van der Waals surface area (Å²) in [5.74, 6) is -1.14. The quantitative estimate of drug-likeness (QED) is 0.287. The number of aliphatic hydroxyl groups excluding tert-OH is 1. The van der Waals surface area contributed by atoms with Gasteiger partial charge in [-0.1, -0.05) is 19.3 Å². The second kappa shape index (κ2) is 10.6. The number of esters is 1. The molecule has 0 saturated heterocycles. The van der Waals surface area contributed by atoms with Crippen molar-refractivity contribution in [3.8, 4) is 0 Å². The normalized spacial score (nSPS) is 13.8. The molecule has 0 fully saturated rings. The molecule has 6 nitrogen and oxygen atoms in total. The molecule has 0 aliphatic carbocycles. The second-order valence-corrected chi connectivity index (χ2v) is 5.28. The number of hydrogen-bond acceptors (Lipinski definition) is 5. The third-order valence-corrected chi connectivity index (χ3v) is 2.95. The van der Waals surface area contributed by atoms with Crippen LogP contribution in [0.1, 0.15) is 64.7 Å². The van der Waals surface area contributed by atoms with Gasteiger partial charge in [-0.25, -0.2) is 0 Å². The minimum atomic E-state index is -0.965. The van der Waals surface area contributed by atoms with Gasteiger partial charge in [0.25, 0.3) is 0 Å². The molecular weight excluding hydrogens is 262 g/mol. The summed E-state index contributed by atoms with van der Waals surface area (Å²) >= 11 is 0. The summed E-state index contributed by atoms with van der Waals surface area (Å²) in [4.78, 5) is 21.7. The minimum absolute atomic E-state index is 0.0350. The maximum absolute atomic E-state index is 11.4. The van der Waals surface area contributed by atoms with Gasteiger partial charge in [-0.05, 0) is 26.2 Å². The fourth-order valence-corrected chi connectivity index (χ4v) is 1.87. The molecule has 0 heterocycles. The average molecular weight is 289 g/mol. The number of carbonyl (C=O) groups excluding carboxylic acids is 1. The maximum atomic E-state index is 11.4. The third kappa shape index (κ3) is 11.9. The molecule has 6 heteroatoms. The summed E-state index contributed by atoms with van der Waals surface area (Å²) < 4.78 is 5.15. The largest absolute Gasteiger partial charge is 0.481 e. The Labute approximate surface area is 120 Å². The van der Waals surface area contributed by atoms with Gasteiger partial charge in [0.05, 0.1) is 0 Å². The number of nitrogens with two attached hydrogens (primary N) is 1. The van der Waals surface area contributed by atoms with E-state index in [9.17, 15) is 9.59 Å². The van der Waals surface area contributed by atoms with Crippen LogP contribution in [0, 0.1) is 0 Å². The van der Waals surface area contributed by atoms with Gasteiger partial charge in [-0.2, -0.15) is 0 Å². The zero-order valence-corrected chi connectivity index (χ0v) is 12.3. The zero-order chi connectivity index (χ0) is 15.4. The van der Waals surface area contributed by atoms with Crippen molar-refractivity contribution in [2.75, 3.05) is 6.61 Å². The van der Waals surface area contributed by atoms with Crippen molar-refractivity contribution < 1.29 is 24.5 Å². The molecule has 0 aromatic heterocycles. The number of carbonyl (C=O) groups is 2. The van der Waals surface area contributed by atoms with Crippen LogP contribution in [-0.2, 0) is 14.3 Å². The summed E-state index contributed by atoms with van der Waals surface area (Å²) in [6, 6.07) is 0. The van der Waals surface area contributed by atoms with E-state index in [0.29, 0.717) is 19.3 Å². The first kappa shape index (κ1) is 18.9. The summed E-state index contributed by atoms with van der Waals surface area (Å²) in [5.41, 5.74) is 4.92. The highest BCUT2D eigenvalue weighted by atomic mass is 16.6. The van der Waals surface area contributed by atoms with Crippen LogP contribution in [-0.4, -0.2) is 34.5 Å². The van der Waals surface area contributed by atoms with Crippen LogP contribution in [0.25, 0.3) is 0 Å². The SMILES string of the molecule is CC(N)(CCCCCCCC(=O)O)OC(=O)CCCO. The number of carboxylic acids is 1. The molecule has 0 saturated carbocycles. The van der Waals surface area contributed by atoms with E-state index >= 15 is 0 Å². The highest BCUT2D eigenvalue weighted by Gasteiger charge is 2.22. The first-order valence-electron chi connectivity index (χ1n) is 7.21. The molecule has 0 aliphatic heterocycles. The molecule has 0 bridgehead atoms. The number of hydrogen-bond donors (Lipinski definition) is 3. The molecule has 20 heavy (non-hydrogen) atoms. The molecule has 1 atom stereocenters. The van der Waals surface area contributed by atoms with Crippen LogP contribution < -0.4 is 5.73 Å². The van der Waals surface area contributed by atoms with E-state index in [0.717, 1.165) is 25.7 Å². The van der Waals surface area contributed by atoms with Crippen molar-refractivity contribution in [1.82, 2.24) is 0 Å². The van der Waals surface area contributed by atoms with Crippen molar-refractivity contribution >= 4 is 11.9 Å². The lowest BCUT2D eigenvalue weighted by atomic mass is 10.0. The number of rotatable bonds is 12. The first-order chi connectivity index (χ1) is 9.37. The van der Waals surface area contributed by atoms with E-state index in [4.69, 9.17) is 20.7 Å². The number of carboxylic acid groups (broad SMARTS) is 1. The maximum Gasteiger partial charge on any atom is 0.307 e. The van der Waals surface area contributed by atoms with Crippen LogP contribution in [0.5, 0.6) is 0 Å². The average Bonchev–Trinajstić information content (AvgIpc) is 2.34. The Hall–Kier alpha value is -1.14. The molecule has 0 aliphatic rings. The number of aliphatic hydroxyl groups is 1. The smallest absolute Gasteiger partial charge is 0.307 e. The predicted octanol–water partition coefficient (Wildman–Crippen LogP) is 1.79. The van der Waals surface area contributed by atoms with Gasteiger partial charge in [-0.3, -0.25) is 15.3 Å². The van der Waals surface area contributed by atoms with Gasteiger partial charge in [0.1, 0.15) is 0 Å². The van der Waals surface area contributed by atoms with Crippen molar-refractivity contribution in [2.24, 2.45) is 5.73 Å². The van der Waals surface area contributed by atoms with E-state index in [1.807, 2.05) is 0 Å². The Kier molecular flexibility index (Phi) is 10.0. The molecular formula is C14H27NO5. The molecule has 0 aromatic carbocycles.